The molecule has 1 rings (SSSR count). The molecule has 1 aromatic rings. The molecule has 0 aromatic heterocycles. The summed E-state index contributed by atoms with van der Waals surface area (Å²) in [7, 11) is 1.55. The fourth-order valence-corrected chi connectivity index (χ4v) is 1.88. The maximum atomic E-state index is 10.6. The number of rotatable bonds is 3. The lowest BCUT2D eigenvalue weighted by molar-refractivity contribution is -0.385. The Morgan fingerprint density at radius 3 is 2.64 bits per heavy atom. The van der Waals surface area contributed by atoms with E-state index in [1.165, 1.54) is 12.1 Å². The summed E-state index contributed by atoms with van der Waals surface area (Å²) in [5.74, 6) is 0.665. The van der Waals surface area contributed by atoms with Gasteiger partial charge in [0, 0.05) is 17.7 Å². The van der Waals surface area contributed by atoms with E-state index in [1.807, 2.05) is 6.92 Å². The predicted octanol–water partition coefficient (Wildman–Crippen LogP) is 2.93. The summed E-state index contributed by atoms with van der Waals surface area (Å²) in [6.07, 6.45) is 0.698. The summed E-state index contributed by atoms with van der Waals surface area (Å²) in [6, 6.07) is 2.97. The minimum absolute atomic E-state index is 0.0783. The van der Waals surface area contributed by atoms with Gasteiger partial charge in [-0.2, -0.15) is 0 Å². The third kappa shape index (κ3) is 2.04. The van der Waals surface area contributed by atoms with Crippen molar-refractivity contribution in [2.24, 2.45) is 0 Å². The van der Waals surface area contributed by atoms with E-state index in [1.54, 1.807) is 7.11 Å². The van der Waals surface area contributed by atoms with E-state index >= 15 is 0 Å². The Morgan fingerprint density at radius 2 is 2.21 bits per heavy atom. The van der Waals surface area contributed by atoms with Gasteiger partial charge in [0.05, 0.1) is 16.5 Å². The van der Waals surface area contributed by atoms with E-state index in [0.29, 0.717) is 16.6 Å². The highest BCUT2D eigenvalue weighted by Gasteiger charge is 2.14. The van der Waals surface area contributed by atoms with E-state index < -0.39 is 4.92 Å². The van der Waals surface area contributed by atoms with Crippen molar-refractivity contribution in [3.05, 3.63) is 32.3 Å². The molecule has 4 nitrogen and oxygen atoms in total. The highest BCUT2D eigenvalue weighted by Crippen LogP contribution is 2.33. The zero-order valence-corrected chi connectivity index (χ0v) is 9.50. The Labute approximate surface area is 90.2 Å². The molecular weight excluding hydrogens is 250 g/mol. The molecule has 0 heterocycles. The standard InChI is InChI=1S/C9H10BrNO3/c1-3-6-4-7(11(12)13)5-8(10)9(6)14-2/h4-5H,3H2,1-2H3. The van der Waals surface area contributed by atoms with Crippen LogP contribution < -0.4 is 4.74 Å². The van der Waals surface area contributed by atoms with Crippen LogP contribution in [0.2, 0.25) is 0 Å². The summed E-state index contributed by atoms with van der Waals surface area (Å²) < 4.78 is 5.75. The minimum Gasteiger partial charge on any atom is -0.495 e. The van der Waals surface area contributed by atoms with Gasteiger partial charge in [0.15, 0.2) is 0 Å². The van der Waals surface area contributed by atoms with Crippen molar-refractivity contribution in [1.29, 1.82) is 0 Å². The minimum atomic E-state index is -0.413. The van der Waals surface area contributed by atoms with E-state index in [4.69, 9.17) is 4.74 Å². The number of nitro groups is 1. The van der Waals surface area contributed by atoms with Crippen LogP contribution in [0.1, 0.15) is 12.5 Å². The average Bonchev–Trinajstić information content (AvgIpc) is 2.16. The molecule has 0 N–H and O–H groups in total. The molecule has 0 saturated heterocycles. The van der Waals surface area contributed by atoms with Gasteiger partial charge in [-0.3, -0.25) is 10.1 Å². The number of nitrogens with zero attached hydrogens (tertiary/aromatic N) is 1. The summed E-state index contributed by atoms with van der Waals surface area (Å²) >= 11 is 3.24. The number of hydrogen-bond donors (Lipinski definition) is 0. The lowest BCUT2D eigenvalue weighted by atomic mass is 10.1. The van der Waals surface area contributed by atoms with Crippen molar-refractivity contribution in [3.63, 3.8) is 0 Å². The van der Waals surface area contributed by atoms with Crippen molar-refractivity contribution in [2.75, 3.05) is 7.11 Å². The molecule has 0 unspecified atom stereocenters. The lowest BCUT2D eigenvalue weighted by Gasteiger charge is -2.08. The molecule has 0 radical (unpaired) electrons. The second-order valence-corrected chi connectivity index (χ2v) is 3.58. The molecule has 76 valence electrons. The van der Waals surface area contributed by atoms with E-state index in [-0.39, 0.29) is 5.69 Å². The first-order valence-electron chi connectivity index (χ1n) is 4.11. The summed E-state index contributed by atoms with van der Waals surface area (Å²) in [4.78, 5) is 10.2. The molecule has 0 spiro atoms. The maximum absolute atomic E-state index is 10.6. The Hall–Kier alpha value is -1.10. The number of aryl methyl sites for hydroxylation is 1. The smallest absolute Gasteiger partial charge is 0.271 e. The SMILES string of the molecule is CCc1cc([N+](=O)[O-])cc(Br)c1OC. The van der Waals surface area contributed by atoms with Crippen LogP contribution in [0.25, 0.3) is 0 Å². The van der Waals surface area contributed by atoms with E-state index in [2.05, 4.69) is 15.9 Å². The Bertz CT molecular complexity index is 365. The second-order valence-electron chi connectivity index (χ2n) is 2.73. The molecule has 0 amide bonds. The number of benzene rings is 1. The zero-order valence-electron chi connectivity index (χ0n) is 7.91. The van der Waals surface area contributed by atoms with Crippen molar-refractivity contribution in [3.8, 4) is 5.75 Å². The van der Waals surface area contributed by atoms with Crippen LogP contribution in [-0.2, 0) is 6.42 Å². The van der Waals surface area contributed by atoms with Gasteiger partial charge in [-0.05, 0) is 22.4 Å². The first-order valence-corrected chi connectivity index (χ1v) is 4.90. The predicted molar refractivity (Wildman–Crippen MR) is 56.7 cm³/mol. The van der Waals surface area contributed by atoms with Crippen LogP contribution in [0.5, 0.6) is 5.75 Å². The molecule has 0 aliphatic heterocycles. The summed E-state index contributed by atoms with van der Waals surface area (Å²) in [5, 5.41) is 10.6. The van der Waals surface area contributed by atoms with Crippen LogP contribution in [0.4, 0.5) is 5.69 Å². The molecule has 1 aromatic carbocycles. The van der Waals surface area contributed by atoms with Crippen LogP contribution in [0.15, 0.2) is 16.6 Å². The topological polar surface area (TPSA) is 52.4 Å². The number of nitro benzene ring substituents is 1. The van der Waals surface area contributed by atoms with Gasteiger partial charge >= 0.3 is 0 Å². The molecule has 0 fully saturated rings. The van der Waals surface area contributed by atoms with Crippen LogP contribution >= 0.6 is 15.9 Å². The summed E-state index contributed by atoms with van der Waals surface area (Å²) in [6.45, 7) is 1.92. The quantitative estimate of drug-likeness (QED) is 0.620. The molecule has 0 atom stereocenters. The van der Waals surface area contributed by atoms with Crippen molar-refractivity contribution >= 4 is 21.6 Å². The third-order valence-corrected chi connectivity index (χ3v) is 2.49. The Kier molecular flexibility index (Phi) is 3.46. The number of halogens is 1. The normalized spacial score (nSPS) is 9.93. The zero-order chi connectivity index (χ0) is 10.7. The first kappa shape index (κ1) is 11.0. The molecule has 14 heavy (non-hydrogen) atoms. The number of methoxy groups -OCH3 is 1. The number of non-ortho nitro benzene ring substituents is 1. The fraction of sp³-hybridized carbons (Fsp3) is 0.333. The second kappa shape index (κ2) is 4.41. The van der Waals surface area contributed by atoms with Crippen LogP contribution in [-0.4, -0.2) is 12.0 Å². The van der Waals surface area contributed by atoms with Crippen molar-refractivity contribution in [1.82, 2.24) is 0 Å². The van der Waals surface area contributed by atoms with Crippen LogP contribution in [0.3, 0.4) is 0 Å². The first-order chi connectivity index (χ1) is 6.60. The van der Waals surface area contributed by atoms with Crippen LogP contribution in [0, 0.1) is 10.1 Å². The van der Waals surface area contributed by atoms with Gasteiger partial charge in [-0.1, -0.05) is 6.92 Å². The number of ether oxygens (including phenoxy) is 1. The molecule has 5 heteroatoms. The van der Waals surface area contributed by atoms with Crippen molar-refractivity contribution < 1.29 is 9.66 Å². The molecular formula is C9H10BrNO3. The van der Waals surface area contributed by atoms with Gasteiger partial charge in [0.1, 0.15) is 5.75 Å². The van der Waals surface area contributed by atoms with E-state index in [0.717, 1.165) is 5.56 Å². The van der Waals surface area contributed by atoms with Gasteiger partial charge < -0.3 is 4.74 Å². The Balaban J connectivity index is 3.31. The lowest BCUT2D eigenvalue weighted by Crippen LogP contribution is -1.95. The molecule has 0 saturated carbocycles. The molecule has 0 aliphatic rings. The third-order valence-electron chi connectivity index (χ3n) is 1.90. The van der Waals surface area contributed by atoms with E-state index in [9.17, 15) is 10.1 Å². The largest absolute Gasteiger partial charge is 0.495 e. The Morgan fingerprint density at radius 1 is 1.57 bits per heavy atom. The molecule has 0 aliphatic carbocycles. The highest BCUT2D eigenvalue weighted by atomic mass is 79.9. The van der Waals surface area contributed by atoms with Gasteiger partial charge in [0.2, 0.25) is 0 Å². The average molecular weight is 260 g/mol. The fourth-order valence-electron chi connectivity index (χ4n) is 1.23. The number of hydrogen-bond acceptors (Lipinski definition) is 3. The monoisotopic (exact) mass is 259 g/mol. The highest BCUT2D eigenvalue weighted by molar-refractivity contribution is 9.10. The van der Waals surface area contributed by atoms with Gasteiger partial charge in [-0.15, -0.1) is 0 Å². The maximum Gasteiger partial charge on any atom is 0.271 e. The molecule has 0 bridgehead atoms. The van der Waals surface area contributed by atoms with Crippen molar-refractivity contribution in [2.45, 2.75) is 13.3 Å². The van der Waals surface area contributed by atoms with Gasteiger partial charge in [0.25, 0.3) is 5.69 Å². The van der Waals surface area contributed by atoms with Gasteiger partial charge in [-0.25, -0.2) is 0 Å². The summed E-state index contributed by atoms with van der Waals surface area (Å²) in [5.41, 5.74) is 0.906.